The highest BCUT2D eigenvalue weighted by Gasteiger charge is 2.29. The van der Waals surface area contributed by atoms with Crippen LogP contribution < -0.4 is 14.5 Å². The van der Waals surface area contributed by atoms with Gasteiger partial charge in [-0.2, -0.15) is 10.1 Å². The molecule has 0 aliphatic carbocycles. The number of esters is 1. The molecule has 1 heterocycles. The summed E-state index contributed by atoms with van der Waals surface area (Å²) in [6, 6.07) is 9.04. The van der Waals surface area contributed by atoms with E-state index in [0.29, 0.717) is 34.9 Å². The zero-order valence-corrected chi connectivity index (χ0v) is 18.9. The number of anilines is 1. The third kappa shape index (κ3) is 5.32. The van der Waals surface area contributed by atoms with Crippen molar-refractivity contribution < 1.29 is 33.7 Å². The highest BCUT2D eigenvalue weighted by atomic mass is 35.5. The molecule has 10 heteroatoms. The molecule has 2 aromatic rings. The highest BCUT2D eigenvalue weighted by Crippen LogP contribution is 2.38. The Morgan fingerprint density at radius 3 is 2.48 bits per heavy atom. The van der Waals surface area contributed by atoms with Crippen LogP contribution in [0.4, 0.5) is 5.69 Å². The number of rotatable bonds is 8. The van der Waals surface area contributed by atoms with Crippen LogP contribution in [0.25, 0.3) is 6.08 Å². The molecular weight excluding hydrogens is 452 g/mol. The van der Waals surface area contributed by atoms with Gasteiger partial charge in [-0.15, -0.1) is 0 Å². The Labute approximate surface area is 194 Å². The Bertz CT molecular complexity index is 1160. The van der Waals surface area contributed by atoms with Crippen molar-refractivity contribution in [1.82, 2.24) is 0 Å². The summed E-state index contributed by atoms with van der Waals surface area (Å²) < 4.78 is 15.6. The van der Waals surface area contributed by atoms with Gasteiger partial charge in [0.2, 0.25) is 0 Å². The van der Waals surface area contributed by atoms with E-state index in [-0.39, 0.29) is 28.8 Å². The number of amides is 1. The number of methoxy groups -OCH3 is 1. The molecule has 0 saturated carbocycles. The Kier molecular flexibility index (Phi) is 7.34. The number of carbonyl (C=O) groups is 3. The molecule has 0 saturated heterocycles. The molecule has 1 amide bonds. The van der Waals surface area contributed by atoms with Crippen LogP contribution >= 0.6 is 11.6 Å². The molecule has 0 aromatic heterocycles. The molecule has 1 N–H and O–H groups in total. The van der Waals surface area contributed by atoms with Crippen molar-refractivity contribution in [2.24, 2.45) is 5.10 Å². The van der Waals surface area contributed by atoms with Gasteiger partial charge in [0, 0.05) is 0 Å². The topological polar surface area (TPSA) is 115 Å². The van der Waals surface area contributed by atoms with Crippen molar-refractivity contribution in [2.45, 2.75) is 13.8 Å². The SMILES string of the molecule is CCOc1cc(/C=C2\C(=O)N(c3ccc(C(=O)O)cc3)N=C2C)cc(Cl)c1OCC(=O)OC. The van der Waals surface area contributed by atoms with E-state index < -0.39 is 11.9 Å². The lowest BCUT2D eigenvalue weighted by molar-refractivity contribution is -0.142. The number of carboxylic acids is 1. The highest BCUT2D eigenvalue weighted by molar-refractivity contribution is 6.33. The van der Waals surface area contributed by atoms with Crippen LogP contribution in [0.5, 0.6) is 11.5 Å². The first kappa shape index (κ1) is 23.8. The van der Waals surface area contributed by atoms with Crippen LogP contribution in [0.2, 0.25) is 5.02 Å². The molecule has 0 unspecified atom stereocenters. The minimum Gasteiger partial charge on any atom is -0.490 e. The lowest BCUT2D eigenvalue weighted by Gasteiger charge is -2.14. The van der Waals surface area contributed by atoms with Crippen molar-refractivity contribution in [3.8, 4) is 11.5 Å². The van der Waals surface area contributed by atoms with Gasteiger partial charge in [0.15, 0.2) is 18.1 Å². The van der Waals surface area contributed by atoms with Gasteiger partial charge in [0.25, 0.3) is 5.91 Å². The quantitative estimate of drug-likeness (QED) is 0.459. The first-order valence-electron chi connectivity index (χ1n) is 9.86. The summed E-state index contributed by atoms with van der Waals surface area (Å²) in [5.74, 6) is -1.51. The van der Waals surface area contributed by atoms with E-state index in [1.807, 2.05) is 0 Å². The molecule has 1 aliphatic rings. The van der Waals surface area contributed by atoms with Crippen molar-refractivity contribution >= 4 is 46.9 Å². The lowest BCUT2D eigenvalue weighted by Crippen LogP contribution is -2.21. The molecule has 2 aromatic carbocycles. The van der Waals surface area contributed by atoms with E-state index in [0.717, 1.165) is 0 Å². The van der Waals surface area contributed by atoms with Gasteiger partial charge >= 0.3 is 11.9 Å². The largest absolute Gasteiger partial charge is 0.490 e. The molecule has 0 spiro atoms. The predicted molar refractivity (Wildman–Crippen MR) is 122 cm³/mol. The summed E-state index contributed by atoms with van der Waals surface area (Å²) in [7, 11) is 1.25. The number of hydrogen-bond donors (Lipinski definition) is 1. The van der Waals surface area contributed by atoms with Gasteiger partial charge < -0.3 is 19.3 Å². The van der Waals surface area contributed by atoms with Gasteiger partial charge in [-0.05, 0) is 61.9 Å². The number of nitrogens with zero attached hydrogens (tertiary/aromatic N) is 2. The summed E-state index contributed by atoms with van der Waals surface area (Å²) in [6.45, 7) is 3.46. The molecule has 9 nitrogen and oxygen atoms in total. The van der Waals surface area contributed by atoms with Crippen LogP contribution in [0.3, 0.4) is 0 Å². The third-order valence-corrected chi connectivity index (χ3v) is 4.91. The van der Waals surface area contributed by atoms with Crippen LogP contribution in [0.1, 0.15) is 29.8 Å². The Hall–Kier alpha value is -3.85. The number of halogens is 1. The van der Waals surface area contributed by atoms with E-state index in [2.05, 4.69) is 9.84 Å². The smallest absolute Gasteiger partial charge is 0.343 e. The zero-order chi connectivity index (χ0) is 24.1. The van der Waals surface area contributed by atoms with E-state index in [1.165, 1.54) is 36.4 Å². The monoisotopic (exact) mass is 472 g/mol. The number of benzene rings is 2. The number of ether oxygens (including phenoxy) is 3. The van der Waals surface area contributed by atoms with Crippen LogP contribution in [0.15, 0.2) is 47.1 Å². The van der Waals surface area contributed by atoms with Crippen LogP contribution in [-0.4, -0.2) is 49.0 Å². The van der Waals surface area contributed by atoms with Crippen LogP contribution in [-0.2, 0) is 14.3 Å². The Morgan fingerprint density at radius 2 is 1.88 bits per heavy atom. The Balaban J connectivity index is 1.90. The standard InChI is InChI=1S/C23H21ClN2O7/c1-4-32-19-11-14(10-18(24)21(19)33-12-20(27)31-3)9-17-13(2)25-26(22(17)28)16-7-5-15(6-8-16)23(29)30/h5-11H,4,12H2,1-3H3,(H,29,30)/b17-9-. The van der Waals surface area contributed by atoms with Gasteiger partial charge in [0.1, 0.15) is 0 Å². The zero-order valence-electron chi connectivity index (χ0n) is 18.1. The summed E-state index contributed by atoms with van der Waals surface area (Å²) in [6.07, 6.45) is 1.62. The molecular formula is C23H21ClN2O7. The summed E-state index contributed by atoms with van der Waals surface area (Å²) in [5.41, 5.74) is 1.91. The lowest BCUT2D eigenvalue weighted by atomic mass is 10.1. The molecule has 1 aliphatic heterocycles. The maximum absolute atomic E-state index is 13.0. The number of carbonyl (C=O) groups excluding carboxylic acids is 2. The van der Waals surface area contributed by atoms with E-state index >= 15 is 0 Å². The summed E-state index contributed by atoms with van der Waals surface area (Å²) >= 11 is 6.36. The maximum Gasteiger partial charge on any atom is 0.343 e. The molecule has 0 atom stereocenters. The maximum atomic E-state index is 13.0. The van der Waals surface area contributed by atoms with Crippen molar-refractivity contribution in [1.29, 1.82) is 0 Å². The van der Waals surface area contributed by atoms with Crippen molar-refractivity contribution in [3.63, 3.8) is 0 Å². The van der Waals surface area contributed by atoms with Crippen molar-refractivity contribution in [2.75, 3.05) is 25.3 Å². The molecule has 33 heavy (non-hydrogen) atoms. The fraction of sp³-hybridized carbons (Fsp3) is 0.217. The minimum absolute atomic E-state index is 0.106. The second kappa shape index (κ2) is 10.2. The first-order chi connectivity index (χ1) is 15.7. The fourth-order valence-electron chi connectivity index (χ4n) is 3.04. The minimum atomic E-state index is -1.06. The number of carboxylic acid groups (broad SMARTS) is 1. The fourth-order valence-corrected chi connectivity index (χ4v) is 3.31. The van der Waals surface area contributed by atoms with Crippen LogP contribution in [0, 0.1) is 0 Å². The number of hydrazone groups is 1. The molecule has 3 rings (SSSR count). The van der Waals surface area contributed by atoms with Crippen molar-refractivity contribution in [3.05, 3.63) is 58.1 Å². The van der Waals surface area contributed by atoms with E-state index in [1.54, 1.807) is 32.1 Å². The molecule has 0 fully saturated rings. The summed E-state index contributed by atoms with van der Waals surface area (Å²) in [4.78, 5) is 35.5. The second-order valence-corrected chi connectivity index (χ2v) is 7.25. The average molecular weight is 473 g/mol. The first-order valence-corrected chi connectivity index (χ1v) is 10.2. The Morgan fingerprint density at radius 1 is 1.18 bits per heavy atom. The van der Waals surface area contributed by atoms with Gasteiger partial charge in [-0.3, -0.25) is 4.79 Å². The number of hydrogen-bond acceptors (Lipinski definition) is 7. The van der Waals surface area contributed by atoms with Gasteiger partial charge in [0.05, 0.1) is 41.3 Å². The predicted octanol–water partition coefficient (Wildman–Crippen LogP) is 3.79. The third-order valence-electron chi connectivity index (χ3n) is 4.63. The number of aromatic carboxylic acids is 1. The van der Waals surface area contributed by atoms with Gasteiger partial charge in [-0.25, -0.2) is 9.59 Å². The molecule has 172 valence electrons. The molecule has 0 bridgehead atoms. The summed E-state index contributed by atoms with van der Waals surface area (Å²) in [5, 5.41) is 14.7. The second-order valence-electron chi connectivity index (χ2n) is 6.84. The van der Waals surface area contributed by atoms with E-state index in [9.17, 15) is 14.4 Å². The van der Waals surface area contributed by atoms with Gasteiger partial charge in [-0.1, -0.05) is 11.6 Å². The molecule has 0 radical (unpaired) electrons. The normalized spacial score (nSPS) is 14.3. The van der Waals surface area contributed by atoms with E-state index in [4.69, 9.17) is 26.2 Å². The average Bonchev–Trinajstić information content (AvgIpc) is 3.06.